The first kappa shape index (κ1) is 12.9. The molecule has 1 unspecified atom stereocenters. The number of benzene rings is 2. The standard InChI is InChI=1S/C17H19NO2/c1-12(18-15-5-3-4-6-17(15)19-2)13-7-8-16-14(11-13)9-10-20-16/h3-8,11-12,18H,9-10H2,1-2H3. The van der Waals surface area contributed by atoms with E-state index < -0.39 is 0 Å². The second-order valence-electron chi connectivity index (χ2n) is 5.03. The van der Waals surface area contributed by atoms with Crippen molar-refractivity contribution in [2.45, 2.75) is 19.4 Å². The van der Waals surface area contributed by atoms with Crippen LogP contribution in [-0.2, 0) is 6.42 Å². The number of fused-ring (bicyclic) bond motifs is 1. The molecular formula is C17H19NO2. The first-order chi connectivity index (χ1) is 9.78. The van der Waals surface area contributed by atoms with E-state index in [1.54, 1.807) is 7.11 Å². The maximum atomic E-state index is 5.55. The van der Waals surface area contributed by atoms with Gasteiger partial charge in [0.25, 0.3) is 0 Å². The normalized spacial score (nSPS) is 14.3. The SMILES string of the molecule is COc1ccccc1NC(C)c1ccc2c(c1)CCO2. The minimum Gasteiger partial charge on any atom is -0.495 e. The molecule has 0 radical (unpaired) electrons. The van der Waals surface area contributed by atoms with Gasteiger partial charge in [-0.25, -0.2) is 0 Å². The summed E-state index contributed by atoms with van der Waals surface area (Å²) >= 11 is 0. The van der Waals surface area contributed by atoms with Crippen LogP contribution in [0.15, 0.2) is 42.5 Å². The molecule has 0 aliphatic carbocycles. The van der Waals surface area contributed by atoms with E-state index in [4.69, 9.17) is 9.47 Å². The van der Waals surface area contributed by atoms with Gasteiger partial charge in [0, 0.05) is 12.5 Å². The van der Waals surface area contributed by atoms with Crippen molar-refractivity contribution in [1.29, 1.82) is 0 Å². The van der Waals surface area contributed by atoms with Gasteiger partial charge in [-0.05, 0) is 42.3 Å². The maximum absolute atomic E-state index is 5.55. The Morgan fingerprint density at radius 3 is 2.90 bits per heavy atom. The first-order valence-corrected chi connectivity index (χ1v) is 6.93. The molecule has 104 valence electrons. The molecular weight excluding hydrogens is 250 g/mol. The summed E-state index contributed by atoms with van der Waals surface area (Å²) in [6.45, 7) is 2.96. The molecule has 3 nitrogen and oxygen atoms in total. The van der Waals surface area contributed by atoms with Gasteiger partial charge in [0.05, 0.1) is 19.4 Å². The maximum Gasteiger partial charge on any atom is 0.141 e. The summed E-state index contributed by atoms with van der Waals surface area (Å²) in [6.07, 6.45) is 1.00. The number of para-hydroxylation sites is 2. The van der Waals surface area contributed by atoms with Gasteiger partial charge in [0.1, 0.15) is 11.5 Å². The third-order valence-corrected chi connectivity index (χ3v) is 3.69. The number of ether oxygens (including phenoxy) is 2. The molecule has 0 bridgehead atoms. The van der Waals surface area contributed by atoms with Crippen LogP contribution in [0.5, 0.6) is 11.5 Å². The third-order valence-electron chi connectivity index (χ3n) is 3.69. The number of rotatable bonds is 4. The fourth-order valence-corrected chi connectivity index (χ4v) is 2.56. The van der Waals surface area contributed by atoms with Crippen molar-refractivity contribution in [3.8, 4) is 11.5 Å². The van der Waals surface area contributed by atoms with E-state index in [0.717, 1.165) is 30.2 Å². The minimum absolute atomic E-state index is 0.220. The Labute approximate surface area is 119 Å². The van der Waals surface area contributed by atoms with Gasteiger partial charge in [0.15, 0.2) is 0 Å². The van der Waals surface area contributed by atoms with E-state index in [9.17, 15) is 0 Å². The van der Waals surface area contributed by atoms with Crippen LogP contribution in [0.3, 0.4) is 0 Å². The fraction of sp³-hybridized carbons (Fsp3) is 0.294. The molecule has 1 aliphatic rings. The zero-order valence-electron chi connectivity index (χ0n) is 11.8. The molecule has 1 aliphatic heterocycles. The molecule has 0 spiro atoms. The van der Waals surface area contributed by atoms with Crippen LogP contribution >= 0.6 is 0 Å². The number of nitrogens with one attached hydrogen (secondary N) is 1. The van der Waals surface area contributed by atoms with Crippen molar-refractivity contribution >= 4 is 5.69 Å². The van der Waals surface area contributed by atoms with Gasteiger partial charge in [-0.15, -0.1) is 0 Å². The summed E-state index contributed by atoms with van der Waals surface area (Å²) in [5.41, 5.74) is 3.58. The molecule has 3 heteroatoms. The van der Waals surface area contributed by atoms with Crippen LogP contribution in [-0.4, -0.2) is 13.7 Å². The van der Waals surface area contributed by atoms with Crippen LogP contribution in [0.1, 0.15) is 24.1 Å². The topological polar surface area (TPSA) is 30.5 Å². The Morgan fingerprint density at radius 2 is 2.05 bits per heavy atom. The lowest BCUT2D eigenvalue weighted by molar-refractivity contribution is 0.357. The van der Waals surface area contributed by atoms with Gasteiger partial charge in [-0.1, -0.05) is 18.2 Å². The lowest BCUT2D eigenvalue weighted by Gasteiger charge is -2.18. The average Bonchev–Trinajstić information content (AvgIpc) is 2.95. The summed E-state index contributed by atoms with van der Waals surface area (Å²) in [7, 11) is 1.69. The van der Waals surface area contributed by atoms with Crippen LogP contribution in [0.25, 0.3) is 0 Å². The summed E-state index contributed by atoms with van der Waals surface area (Å²) in [4.78, 5) is 0. The van der Waals surface area contributed by atoms with Gasteiger partial charge >= 0.3 is 0 Å². The quantitative estimate of drug-likeness (QED) is 0.915. The largest absolute Gasteiger partial charge is 0.495 e. The highest BCUT2D eigenvalue weighted by molar-refractivity contribution is 5.57. The smallest absolute Gasteiger partial charge is 0.141 e. The van der Waals surface area contributed by atoms with E-state index in [1.807, 2.05) is 24.3 Å². The Bertz CT molecular complexity index is 610. The molecule has 2 aromatic rings. The zero-order chi connectivity index (χ0) is 13.9. The summed E-state index contributed by atoms with van der Waals surface area (Å²) in [6, 6.07) is 14.6. The zero-order valence-corrected chi connectivity index (χ0v) is 11.8. The van der Waals surface area contributed by atoms with E-state index in [0.29, 0.717) is 0 Å². The molecule has 1 N–H and O–H groups in total. The van der Waals surface area contributed by atoms with Crippen LogP contribution in [0, 0.1) is 0 Å². The number of methoxy groups -OCH3 is 1. The molecule has 1 heterocycles. The lowest BCUT2D eigenvalue weighted by Crippen LogP contribution is -2.07. The predicted molar refractivity (Wildman–Crippen MR) is 80.7 cm³/mol. The van der Waals surface area contributed by atoms with Gasteiger partial charge in [-0.3, -0.25) is 0 Å². The van der Waals surface area contributed by atoms with Crippen molar-refractivity contribution in [3.63, 3.8) is 0 Å². The van der Waals surface area contributed by atoms with E-state index in [-0.39, 0.29) is 6.04 Å². The molecule has 20 heavy (non-hydrogen) atoms. The van der Waals surface area contributed by atoms with E-state index in [1.165, 1.54) is 11.1 Å². The van der Waals surface area contributed by atoms with Crippen molar-refractivity contribution in [1.82, 2.24) is 0 Å². The van der Waals surface area contributed by atoms with Gasteiger partial charge in [-0.2, -0.15) is 0 Å². The Morgan fingerprint density at radius 1 is 1.20 bits per heavy atom. The minimum atomic E-state index is 0.220. The fourth-order valence-electron chi connectivity index (χ4n) is 2.56. The van der Waals surface area contributed by atoms with Gasteiger partial charge < -0.3 is 14.8 Å². The number of hydrogen-bond donors (Lipinski definition) is 1. The summed E-state index contributed by atoms with van der Waals surface area (Å²) < 4.78 is 10.9. The molecule has 2 aromatic carbocycles. The summed E-state index contributed by atoms with van der Waals surface area (Å²) in [5.74, 6) is 1.89. The van der Waals surface area contributed by atoms with Crippen molar-refractivity contribution < 1.29 is 9.47 Å². The molecule has 1 atom stereocenters. The number of anilines is 1. The highest BCUT2D eigenvalue weighted by Gasteiger charge is 2.15. The molecule has 0 fully saturated rings. The van der Waals surface area contributed by atoms with Crippen LogP contribution < -0.4 is 14.8 Å². The predicted octanol–water partition coefficient (Wildman–Crippen LogP) is 3.80. The molecule has 0 saturated carbocycles. The van der Waals surface area contributed by atoms with Crippen molar-refractivity contribution in [3.05, 3.63) is 53.6 Å². The number of hydrogen-bond acceptors (Lipinski definition) is 3. The highest BCUT2D eigenvalue weighted by atomic mass is 16.5. The molecule has 0 amide bonds. The molecule has 0 saturated heterocycles. The van der Waals surface area contributed by atoms with Crippen molar-refractivity contribution in [2.24, 2.45) is 0 Å². The summed E-state index contributed by atoms with van der Waals surface area (Å²) in [5, 5.41) is 3.50. The Hall–Kier alpha value is -2.16. The highest BCUT2D eigenvalue weighted by Crippen LogP contribution is 2.31. The van der Waals surface area contributed by atoms with Gasteiger partial charge in [0.2, 0.25) is 0 Å². The second kappa shape index (κ2) is 5.45. The average molecular weight is 269 g/mol. The van der Waals surface area contributed by atoms with Crippen LogP contribution in [0.2, 0.25) is 0 Å². The third kappa shape index (κ3) is 2.44. The first-order valence-electron chi connectivity index (χ1n) is 6.93. The second-order valence-corrected chi connectivity index (χ2v) is 5.03. The lowest BCUT2D eigenvalue weighted by atomic mass is 10.0. The monoisotopic (exact) mass is 269 g/mol. The molecule has 3 rings (SSSR count). The Kier molecular flexibility index (Phi) is 3.50. The van der Waals surface area contributed by atoms with Crippen molar-refractivity contribution in [2.75, 3.05) is 19.0 Å². The van der Waals surface area contributed by atoms with Crippen LogP contribution in [0.4, 0.5) is 5.69 Å². The Balaban J connectivity index is 1.81. The molecule has 0 aromatic heterocycles. The van der Waals surface area contributed by atoms with E-state index >= 15 is 0 Å². The van der Waals surface area contributed by atoms with E-state index in [2.05, 4.69) is 30.4 Å².